The van der Waals surface area contributed by atoms with Crippen LogP contribution in [0.5, 0.6) is 11.5 Å². The third-order valence-electron chi connectivity index (χ3n) is 3.87. The zero-order valence-corrected chi connectivity index (χ0v) is 14.1. The maximum Gasteiger partial charge on any atom is 0.212 e. The van der Waals surface area contributed by atoms with E-state index in [0.717, 1.165) is 33.6 Å². The highest BCUT2D eigenvalue weighted by atomic mass is 32.2. The summed E-state index contributed by atoms with van der Waals surface area (Å²) >= 11 is 1.61. The summed E-state index contributed by atoms with van der Waals surface area (Å²) in [5.74, 6) is 2.34. The molecule has 7 heteroatoms. The number of benzene rings is 2. The molecule has 4 rings (SSSR count). The highest BCUT2D eigenvalue weighted by molar-refractivity contribution is 7.99. The largest absolute Gasteiger partial charge is 0.496 e. The molecule has 2 aromatic carbocycles. The number of nitrogens with zero attached hydrogens (tertiary/aromatic N) is 3. The molecule has 1 aliphatic heterocycles. The third-order valence-corrected chi connectivity index (χ3v) is 4.94. The molecule has 2 heterocycles. The van der Waals surface area contributed by atoms with E-state index in [1.165, 1.54) is 0 Å². The van der Waals surface area contributed by atoms with Crippen LogP contribution in [0.25, 0.3) is 11.4 Å². The summed E-state index contributed by atoms with van der Waals surface area (Å²) in [6.45, 7) is 0. The minimum absolute atomic E-state index is 0.0140. The maximum atomic E-state index is 5.47. The van der Waals surface area contributed by atoms with Gasteiger partial charge in [0.1, 0.15) is 16.9 Å². The first-order valence-electron chi connectivity index (χ1n) is 7.46. The molecule has 0 saturated carbocycles. The molecule has 122 valence electrons. The van der Waals surface area contributed by atoms with Gasteiger partial charge in [-0.3, -0.25) is 0 Å². The van der Waals surface area contributed by atoms with Gasteiger partial charge in [-0.05, 0) is 18.2 Å². The first kappa shape index (κ1) is 14.9. The molecular formula is C17H16N4O2S. The summed E-state index contributed by atoms with van der Waals surface area (Å²) in [4.78, 5) is 0. The van der Waals surface area contributed by atoms with Gasteiger partial charge in [-0.1, -0.05) is 42.1 Å². The third kappa shape index (κ3) is 2.37. The van der Waals surface area contributed by atoms with Crippen molar-refractivity contribution in [2.75, 3.05) is 19.6 Å². The molecule has 3 aromatic rings. The van der Waals surface area contributed by atoms with Gasteiger partial charge >= 0.3 is 0 Å². The fourth-order valence-electron chi connectivity index (χ4n) is 2.73. The number of rotatable bonds is 4. The molecule has 1 N–H and O–H groups in total. The number of hydrogen-bond acceptors (Lipinski definition) is 6. The molecule has 0 amide bonds. The van der Waals surface area contributed by atoms with Crippen LogP contribution >= 0.6 is 11.8 Å². The van der Waals surface area contributed by atoms with Gasteiger partial charge in [-0.15, -0.1) is 10.2 Å². The number of hydrogen-bond donors (Lipinski definition) is 1. The molecule has 1 aliphatic rings. The average molecular weight is 340 g/mol. The zero-order valence-electron chi connectivity index (χ0n) is 13.3. The summed E-state index contributed by atoms with van der Waals surface area (Å²) in [7, 11) is 3.33. The lowest BCUT2D eigenvalue weighted by Crippen LogP contribution is -2.14. The minimum Gasteiger partial charge on any atom is -0.496 e. The van der Waals surface area contributed by atoms with Crippen LogP contribution in [0, 0.1) is 0 Å². The zero-order chi connectivity index (χ0) is 16.5. The van der Waals surface area contributed by atoms with E-state index >= 15 is 0 Å². The lowest BCUT2D eigenvalue weighted by atomic mass is 10.2. The van der Waals surface area contributed by atoms with Gasteiger partial charge in [0.25, 0.3) is 0 Å². The second-order valence-electron chi connectivity index (χ2n) is 5.21. The lowest BCUT2D eigenvalue weighted by molar-refractivity contribution is 0.409. The second kappa shape index (κ2) is 6.09. The van der Waals surface area contributed by atoms with E-state index < -0.39 is 0 Å². The number of thioether (sulfide) groups is 1. The van der Waals surface area contributed by atoms with E-state index in [4.69, 9.17) is 9.47 Å². The van der Waals surface area contributed by atoms with Crippen molar-refractivity contribution >= 4 is 11.8 Å². The molecular weight excluding hydrogens is 324 g/mol. The van der Waals surface area contributed by atoms with E-state index in [1.54, 1.807) is 26.0 Å². The summed E-state index contributed by atoms with van der Waals surface area (Å²) in [5.41, 5.74) is 5.41. The van der Waals surface area contributed by atoms with E-state index in [1.807, 2.05) is 53.2 Å². The summed E-state index contributed by atoms with van der Waals surface area (Å²) in [5, 5.41) is 9.43. The molecule has 0 bridgehead atoms. The van der Waals surface area contributed by atoms with Crippen molar-refractivity contribution in [3.8, 4) is 22.9 Å². The Kier molecular flexibility index (Phi) is 3.78. The predicted octanol–water partition coefficient (Wildman–Crippen LogP) is 3.31. The quantitative estimate of drug-likeness (QED) is 0.786. The first-order valence-corrected chi connectivity index (χ1v) is 8.34. The SMILES string of the molecule is COc1ccccc1-c1nnc2n1NC(c1ccccc1OC)S2. The summed E-state index contributed by atoms with van der Waals surface area (Å²) in [6.07, 6.45) is 0. The molecule has 6 nitrogen and oxygen atoms in total. The topological polar surface area (TPSA) is 61.2 Å². The van der Waals surface area contributed by atoms with E-state index in [0.29, 0.717) is 0 Å². The Morgan fingerprint density at radius 2 is 1.67 bits per heavy atom. The van der Waals surface area contributed by atoms with Crippen LogP contribution in [-0.4, -0.2) is 29.1 Å². The fourth-order valence-corrected chi connectivity index (χ4v) is 3.75. The Morgan fingerprint density at radius 3 is 2.46 bits per heavy atom. The van der Waals surface area contributed by atoms with E-state index in [2.05, 4.69) is 15.6 Å². The molecule has 24 heavy (non-hydrogen) atoms. The molecule has 1 aromatic heterocycles. The maximum absolute atomic E-state index is 5.47. The fraction of sp³-hybridized carbons (Fsp3) is 0.176. The molecule has 0 saturated heterocycles. The number of methoxy groups -OCH3 is 2. The van der Waals surface area contributed by atoms with Gasteiger partial charge < -0.3 is 14.9 Å². The Labute approximate surface area is 143 Å². The highest BCUT2D eigenvalue weighted by Gasteiger charge is 2.30. The van der Waals surface area contributed by atoms with Crippen LogP contribution in [0.3, 0.4) is 0 Å². The van der Waals surface area contributed by atoms with Gasteiger partial charge in [0.05, 0.1) is 19.8 Å². The van der Waals surface area contributed by atoms with Gasteiger partial charge in [-0.25, -0.2) is 4.68 Å². The van der Waals surface area contributed by atoms with Crippen LogP contribution < -0.4 is 14.9 Å². The Hall–Kier alpha value is -2.67. The van der Waals surface area contributed by atoms with Crippen LogP contribution in [0.4, 0.5) is 0 Å². The van der Waals surface area contributed by atoms with Gasteiger partial charge in [0.15, 0.2) is 5.82 Å². The second-order valence-corrected chi connectivity index (χ2v) is 6.28. The Morgan fingerprint density at radius 1 is 0.958 bits per heavy atom. The number of fused-ring (bicyclic) bond motifs is 1. The van der Waals surface area contributed by atoms with Crippen LogP contribution in [0.2, 0.25) is 0 Å². The van der Waals surface area contributed by atoms with Crippen molar-refractivity contribution in [1.29, 1.82) is 0 Å². The summed E-state index contributed by atoms with van der Waals surface area (Å²) < 4.78 is 12.8. The molecule has 0 radical (unpaired) electrons. The molecule has 0 aliphatic carbocycles. The van der Waals surface area contributed by atoms with Gasteiger partial charge in [0.2, 0.25) is 5.16 Å². The lowest BCUT2D eigenvalue weighted by Gasteiger charge is -2.15. The van der Waals surface area contributed by atoms with Crippen molar-refractivity contribution in [1.82, 2.24) is 14.9 Å². The van der Waals surface area contributed by atoms with Crippen LogP contribution in [0.1, 0.15) is 10.9 Å². The van der Waals surface area contributed by atoms with Crippen LogP contribution in [0.15, 0.2) is 53.7 Å². The first-order chi connectivity index (χ1) is 11.8. The molecule has 1 unspecified atom stereocenters. The standard InChI is InChI=1S/C17H16N4O2S/c1-22-13-9-5-3-7-11(13)15-18-19-17-21(15)20-16(24-17)12-8-4-6-10-14(12)23-2/h3-10,16,20H,1-2H3. The molecule has 1 atom stereocenters. The Balaban J connectivity index is 1.71. The van der Waals surface area contributed by atoms with Crippen molar-refractivity contribution in [2.24, 2.45) is 0 Å². The minimum atomic E-state index is 0.0140. The van der Waals surface area contributed by atoms with Crippen molar-refractivity contribution in [2.45, 2.75) is 10.5 Å². The van der Waals surface area contributed by atoms with Gasteiger partial charge in [-0.2, -0.15) is 0 Å². The van der Waals surface area contributed by atoms with Crippen LogP contribution in [-0.2, 0) is 0 Å². The summed E-state index contributed by atoms with van der Waals surface area (Å²) in [6, 6.07) is 15.7. The highest BCUT2D eigenvalue weighted by Crippen LogP contribution is 2.43. The van der Waals surface area contributed by atoms with Crippen molar-refractivity contribution in [3.63, 3.8) is 0 Å². The van der Waals surface area contributed by atoms with E-state index in [9.17, 15) is 0 Å². The number of aromatic nitrogens is 3. The normalized spacial score (nSPS) is 15.7. The van der Waals surface area contributed by atoms with Crippen molar-refractivity contribution < 1.29 is 9.47 Å². The smallest absolute Gasteiger partial charge is 0.212 e. The number of para-hydroxylation sites is 2. The molecule has 0 spiro atoms. The monoisotopic (exact) mass is 340 g/mol. The number of nitrogens with one attached hydrogen (secondary N) is 1. The average Bonchev–Trinajstić information content (AvgIpc) is 3.22. The predicted molar refractivity (Wildman–Crippen MR) is 93.0 cm³/mol. The van der Waals surface area contributed by atoms with E-state index in [-0.39, 0.29) is 5.37 Å². The van der Waals surface area contributed by atoms with Crippen molar-refractivity contribution in [3.05, 3.63) is 54.1 Å². The van der Waals surface area contributed by atoms with Gasteiger partial charge in [0, 0.05) is 5.56 Å². The molecule has 0 fully saturated rings. The number of ether oxygens (including phenoxy) is 2. The Bertz CT molecular complexity index is 881.